The van der Waals surface area contributed by atoms with Gasteiger partial charge in [-0.05, 0) is 79.3 Å². The molecule has 2 heterocycles. The second-order valence-electron chi connectivity index (χ2n) is 7.50. The van der Waals surface area contributed by atoms with E-state index in [-0.39, 0.29) is 11.9 Å². The summed E-state index contributed by atoms with van der Waals surface area (Å²) in [5, 5.41) is 14.2. The van der Waals surface area contributed by atoms with Gasteiger partial charge in [0.2, 0.25) is 11.7 Å². The number of hydrogen-bond donors (Lipinski definition) is 1. The number of aromatic amines is 1. The van der Waals surface area contributed by atoms with Crippen LogP contribution >= 0.6 is 0 Å². The van der Waals surface area contributed by atoms with E-state index in [9.17, 15) is 4.79 Å². The van der Waals surface area contributed by atoms with Crippen molar-refractivity contribution in [1.82, 2.24) is 30.5 Å². The third-order valence-electron chi connectivity index (χ3n) is 5.44. The predicted octanol–water partition coefficient (Wildman–Crippen LogP) is 3.17. The van der Waals surface area contributed by atoms with Gasteiger partial charge in [0.1, 0.15) is 0 Å². The molecule has 7 nitrogen and oxygen atoms in total. The Balaban J connectivity index is 1.58. The molecule has 0 radical (unpaired) electrons. The Hall–Kier alpha value is -3.09. The first-order chi connectivity index (χ1) is 13.5. The Kier molecular flexibility index (Phi) is 4.90. The van der Waals surface area contributed by atoms with Gasteiger partial charge in [-0.1, -0.05) is 6.07 Å². The van der Waals surface area contributed by atoms with Gasteiger partial charge in [-0.15, -0.1) is 10.2 Å². The van der Waals surface area contributed by atoms with Crippen molar-refractivity contribution in [3.05, 3.63) is 58.9 Å². The zero-order valence-electron chi connectivity index (χ0n) is 16.4. The molecule has 3 aromatic rings. The van der Waals surface area contributed by atoms with Crippen LogP contribution in [0.4, 0.5) is 0 Å². The molecule has 28 heavy (non-hydrogen) atoms. The van der Waals surface area contributed by atoms with Crippen molar-refractivity contribution in [2.75, 3.05) is 0 Å². The lowest BCUT2D eigenvalue weighted by molar-refractivity contribution is -0.133. The van der Waals surface area contributed by atoms with Crippen LogP contribution in [0.1, 0.15) is 48.1 Å². The SMILES string of the molecule is Cc1cc(-c2nn[nH]n2)cc(C)c1CC(=O)N(C1CC1)C(C)c1cccnc1. The van der Waals surface area contributed by atoms with Crippen molar-refractivity contribution in [2.45, 2.75) is 52.1 Å². The van der Waals surface area contributed by atoms with Crippen molar-refractivity contribution in [3.8, 4) is 11.4 Å². The smallest absolute Gasteiger partial charge is 0.227 e. The second kappa shape index (κ2) is 7.50. The van der Waals surface area contributed by atoms with Crippen LogP contribution in [0.3, 0.4) is 0 Å². The molecular formula is C21H24N6O. The first-order valence-corrected chi connectivity index (χ1v) is 9.59. The number of rotatable bonds is 6. The molecule has 1 N–H and O–H groups in total. The summed E-state index contributed by atoms with van der Waals surface area (Å²) in [5.41, 5.74) is 5.18. The van der Waals surface area contributed by atoms with Crippen LogP contribution in [0.5, 0.6) is 0 Å². The lowest BCUT2D eigenvalue weighted by Crippen LogP contribution is -2.37. The van der Waals surface area contributed by atoms with E-state index in [1.807, 2.05) is 49.2 Å². The van der Waals surface area contributed by atoms with Gasteiger partial charge >= 0.3 is 0 Å². The summed E-state index contributed by atoms with van der Waals surface area (Å²) in [6.45, 7) is 6.16. The third-order valence-corrected chi connectivity index (χ3v) is 5.44. The molecule has 1 saturated carbocycles. The minimum Gasteiger partial charge on any atom is -0.333 e. The van der Waals surface area contributed by atoms with E-state index < -0.39 is 0 Å². The molecule has 0 saturated heterocycles. The molecule has 2 aromatic heterocycles. The normalized spacial score (nSPS) is 14.7. The van der Waals surface area contributed by atoms with Crippen molar-refractivity contribution in [2.24, 2.45) is 0 Å². The Morgan fingerprint density at radius 1 is 1.29 bits per heavy atom. The number of nitrogens with one attached hydrogen (secondary N) is 1. The maximum atomic E-state index is 13.3. The average molecular weight is 376 g/mol. The fourth-order valence-corrected chi connectivity index (χ4v) is 3.80. The van der Waals surface area contributed by atoms with Crippen molar-refractivity contribution >= 4 is 5.91 Å². The van der Waals surface area contributed by atoms with E-state index in [1.165, 1.54) is 0 Å². The van der Waals surface area contributed by atoms with Gasteiger partial charge in [0, 0.05) is 24.0 Å². The van der Waals surface area contributed by atoms with Crippen LogP contribution in [0.15, 0.2) is 36.7 Å². The van der Waals surface area contributed by atoms with Gasteiger partial charge in [0.05, 0.1) is 12.5 Å². The number of H-pyrrole nitrogens is 1. The van der Waals surface area contributed by atoms with E-state index >= 15 is 0 Å². The van der Waals surface area contributed by atoms with Crippen molar-refractivity contribution in [3.63, 3.8) is 0 Å². The van der Waals surface area contributed by atoms with E-state index in [4.69, 9.17) is 0 Å². The topological polar surface area (TPSA) is 87.7 Å². The monoisotopic (exact) mass is 376 g/mol. The largest absolute Gasteiger partial charge is 0.333 e. The van der Waals surface area contributed by atoms with Gasteiger partial charge in [-0.2, -0.15) is 5.21 Å². The van der Waals surface area contributed by atoms with Gasteiger partial charge in [0.15, 0.2) is 0 Å². The van der Waals surface area contributed by atoms with Crippen LogP contribution in [0.25, 0.3) is 11.4 Å². The lowest BCUT2D eigenvalue weighted by atomic mass is 9.95. The molecule has 1 amide bonds. The highest BCUT2D eigenvalue weighted by molar-refractivity contribution is 5.81. The second-order valence-corrected chi connectivity index (χ2v) is 7.50. The summed E-state index contributed by atoms with van der Waals surface area (Å²) in [6.07, 6.45) is 6.16. The summed E-state index contributed by atoms with van der Waals surface area (Å²) < 4.78 is 0. The van der Waals surface area contributed by atoms with Gasteiger partial charge in [0.25, 0.3) is 0 Å². The number of benzene rings is 1. The van der Waals surface area contributed by atoms with Crippen LogP contribution in [0.2, 0.25) is 0 Å². The number of carbonyl (C=O) groups is 1. The van der Waals surface area contributed by atoms with Crippen LogP contribution in [-0.4, -0.2) is 42.5 Å². The van der Waals surface area contributed by atoms with E-state index in [0.717, 1.165) is 40.7 Å². The molecule has 0 aliphatic heterocycles. The Bertz CT molecular complexity index is 943. The number of aryl methyl sites for hydroxylation is 2. The molecule has 1 aliphatic rings. The van der Waals surface area contributed by atoms with Crippen LogP contribution in [0, 0.1) is 13.8 Å². The summed E-state index contributed by atoms with van der Waals surface area (Å²) in [6, 6.07) is 8.36. The predicted molar refractivity (Wildman–Crippen MR) is 105 cm³/mol. The van der Waals surface area contributed by atoms with Gasteiger partial charge < -0.3 is 4.90 Å². The third kappa shape index (κ3) is 3.65. The fraction of sp³-hybridized carbons (Fsp3) is 0.381. The van der Waals surface area contributed by atoms with E-state index in [1.54, 1.807) is 6.20 Å². The molecule has 1 aromatic carbocycles. The zero-order chi connectivity index (χ0) is 19.7. The highest BCUT2D eigenvalue weighted by atomic mass is 16.2. The van der Waals surface area contributed by atoms with Crippen molar-refractivity contribution < 1.29 is 4.79 Å². The zero-order valence-corrected chi connectivity index (χ0v) is 16.4. The molecular weight excluding hydrogens is 352 g/mol. The molecule has 7 heteroatoms. The lowest BCUT2D eigenvalue weighted by Gasteiger charge is -2.30. The molecule has 1 unspecified atom stereocenters. The molecule has 0 bridgehead atoms. The number of nitrogens with zero attached hydrogens (tertiary/aromatic N) is 5. The first-order valence-electron chi connectivity index (χ1n) is 9.59. The van der Waals surface area contributed by atoms with Gasteiger partial charge in [-0.25, -0.2) is 0 Å². The van der Waals surface area contributed by atoms with Crippen LogP contribution < -0.4 is 0 Å². The highest BCUT2D eigenvalue weighted by Gasteiger charge is 2.36. The van der Waals surface area contributed by atoms with Gasteiger partial charge in [-0.3, -0.25) is 9.78 Å². The van der Waals surface area contributed by atoms with Crippen LogP contribution in [-0.2, 0) is 11.2 Å². The number of pyridine rings is 1. The molecule has 4 rings (SSSR count). The number of tetrazole rings is 1. The Labute approximate surface area is 164 Å². The quantitative estimate of drug-likeness (QED) is 0.714. The summed E-state index contributed by atoms with van der Waals surface area (Å²) in [7, 11) is 0. The summed E-state index contributed by atoms with van der Waals surface area (Å²) in [4.78, 5) is 19.6. The number of amides is 1. The summed E-state index contributed by atoms with van der Waals surface area (Å²) in [5.74, 6) is 0.728. The highest BCUT2D eigenvalue weighted by Crippen LogP contribution is 2.35. The summed E-state index contributed by atoms with van der Waals surface area (Å²) >= 11 is 0. The maximum absolute atomic E-state index is 13.3. The Morgan fingerprint density at radius 3 is 2.61 bits per heavy atom. The minimum absolute atomic E-state index is 0.0212. The maximum Gasteiger partial charge on any atom is 0.227 e. The van der Waals surface area contributed by atoms with Crippen molar-refractivity contribution in [1.29, 1.82) is 0 Å². The number of carbonyl (C=O) groups excluding carboxylic acids is 1. The molecule has 1 aliphatic carbocycles. The standard InChI is InChI=1S/C21H24N6O/c1-13-9-17(21-23-25-26-24-21)10-14(2)19(13)11-20(28)27(18-6-7-18)15(3)16-5-4-8-22-12-16/h4-5,8-10,12,15,18H,6-7,11H2,1-3H3,(H,23,24,25,26). The average Bonchev–Trinajstić information content (AvgIpc) is 3.36. The molecule has 0 spiro atoms. The number of hydrogen-bond acceptors (Lipinski definition) is 5. The van der Waals surface area contributed by atoms with E-state index in [2.05, 4.69) is 32.5 Å². The fourth-order valence-electron chi connectivity index (χ4n) is 3.80. The first kappa shape index (κ1) is 18.3. The number of aromatic nitrogens is 5. The molecule has 144 valence electrons. The molecule has 1 fully saturated rings. The Morgan fingerprint density at radius 2 is 2.04 bits per heavy atom. The van der Waals surface area contributed by atoms with E-state index in [0.29, 0.717) is 18.3 Å². The minimum atomic E-state index is 0.0212. The molecule has 1 atom stereocenters.